The summed E-state index contributed by atoms with van der Waals surface area (Å²) in [6.07, 6.45) is 8.83. The highest BCUT2D eigenvalue weighted by atomic mass is 16.4. The fourth-order valence-corrected chi connectivity index (χ4v) is 1.33. The molecule has 70 valence electrons. The minimum absolute atomic E-state index is 0.302. The smallest absolute Gasteiger partial charge is 0.283 e. The number of hydrogen-bond acceptors (Lipinski definition) is 1. The molecule has 0 heterocycles. The van der Waals surface area contributed by atoms with E-state index >= 15 is 0 Å². The third-order valence-electron chi connectivity index (χ3n) is 2.20. The molecule has 0 aliphatic carbocycles. The van der Waals surface area contributed by atoms with Gasteiger partial charge >= 0.3 is 0 Å². The zero-order valence-corrected chi connectivity index (χ0v) is 8.51. The third-order valence-corrected chi connectivity index (χ3v) is 2.20. The molecule has 0 aromatic rings. The van der Waals surface area contributed by atoms with Crippen molar-refractivity contribution >= 4 is 8.05 Å². The van der Waals surface area contributed by atoms with Gasteiger partial charge in [-0.25, -0.2) is 0 Å². The van der Waals surface area contributed by atoms with E-state index in [0.29, 0.717) is 6.10 Å². The highest BCUT2D eigenvalue weighted by Crippen LogP contribution is 2.11. The van der Waals surface area contributed by atoms with Crippen LogP contribution < -0.4 is 0 Å². The molecule has 0 saturated carbocycles. The summed E-state index contributed by atoms with van der Waals surface area (Å²) in [7, 11) is 5.20. The van der Waals surface area contributed by atoms with E-state index in [-0.39, 0.29) is 0 Å². The number of hydrogen-bond donors (Lipinski definition) is 0. The minimum Gasteiger partial charge on any atom is -0.445 e. The molecular weight excluding hydrogens is 147 g/mol. The second-order valence-electron chi connectivity index (χ2n) is 3.40. The van der Waals surface area contributed by atoms with Gasteiger partial charge in [0, 0.05) is 6.10 Å². The highest BCUT2D eigenvalue weighted by Gasteiger charge is 2.04. The molecule has 1 atom stereocenters. The summed E-state index contributed by atoms with van der Waals surface area (Å²) in [4.78, 5) is 0. The Kier molecular flexibility index (Phi) is 9.13. The maximum absolute atomic E-state index is 5.20. The van der Waals surface area contributed by atoms with Gasteiger partial charge in [-0.3, -0.25) is 0 Å². The average Bonchev–Trinajstić information content (AvgIpc) is 2.11. The molecule has 0 aromatic heterocycles. The van der Waals surface area contributed by atoms with Crippen molar-refractivity contribution in [3.8, 4) is 0 Å². The van der Waals surface area contributed by atoms with Gasteiger partial charge in [-0.1, -0.05) is 46.0 Å². The van der Waals surface area contributed by atoms with Gasteiger partial charge in [0.2, 0.25) is 0 Å². The van der Waals surface area contributed by atoms with Crippen molar-refractivity contribution in [3.05, 3.63) is 0 Å². The zero-order chi connectivity index (χ0) is 9.23. The van der Waals surface area contributed by atoms with Gasteiger partial charge < -0.3 is 4.65 Å². The van der Waals surface area contributed by atoms with Crippen molar-refractivity contribution in [1.29, 1.82) is 0 Å². The van der Waals surface area contributed by atoms with Gasteiger partial charge in [-0.15, -0.1) is 0 Å². The van der Waals surface area contributed by atoms with Crippen LogP contribution in [0.2, 0.25) is 0 Å². The summed E-state index contributed by atoms with van der Waals surface area (Å²) in [5.41, 5.74) is 0. The molecule has 1 nitrogen and oxygen atoms in total. The van der Waals surface area contributed by atoms with Crippen molar-refractivity contribution in [3.63, 3.8) is 0 Å². The Labute approximate surface area is 78.3 Å². The molecule has 0 N–H and O–H groups in total. The quantitative estimate of drug-likeness (QED) is 0.399. The topological polar surface area (TPSA) is 9.23 Å². The van der Waals surface area contributed by atoms with Crippen LogP contribution >= 0.6 is 0 Å². The molecule has 1 unspecified atom stereocenters. The van der Waals surface area contributed by atoms with Gasteiger partial charge in [0.05, 0.1) is 0 Å². The molecular formula is C10H21BO. The lowest BCUT2D eigenvalue weighted by Crippen LogP contribution is -2.10. The average molecular weight is 168 g/mol. The maximum atomic E-state index is 5.20. The van der Waals surface area contributed by atoms with Gasteiger partial charge in [0.1, 0.15) is 0 Å². The second kappa shape index (κ2) is 9.12. The molecule has 0 fully saturated rings. The summed E-state index contributed by atoms with van der Waals surface area (Å²) >= 11 is 0. The standard InChI is InChI=1S/C10H21BO/c1-3-5-7-9-10(12-11)8-6-4-2/h10H,3-9H2,1-2H3. The molecule has 0 aliphatic heterocycles. The Morgan fingerprint density at radius 2 is 1.58 bits per heavy atom. The molecule has 0 spiro atoms. The van der Waals surface area contributed by atoms with E-state index in [2.05, 4.69) is 13.8 Å². The fraction of sp³-hybridized carbons (Fsp3) is 1.00. The highest BCUT2D eigenvalue weighted by molar-refractivity contribution is 5.98. The molecule has 0 bridgehead atoms. The van der Waals surface area contributed by atoms with Crippen molar-refractivity contribution in [2.75, 3.05) is 0 Å². The van der Waals surface area contributed by atoms with Gasteiger partial charge in [0.25, 0.3) is 8.05 Å². The summed E-state index contributed by atoms with van der Waals surface area (Å²) in [5, 5.41) is 0. The van der Waals surface area contributed by atoms with Crippen LogP contribution in [0.1, 0.15) is 58.8 Å². The Morgan fingerprint density at radius 1 is 1.00 bits per heavy atom. The molecule has 0 amide bonds. The summed E-state index contributed by atoms with van der Waals surface area (Å²) in [5.74, 6) is 0. The van der Waals surface area contributed by atoms with Crippen molar-refractivity contribution in [2.24, 2.45) is 0 Å². The van der Waals surface area contributed by atoms with E-state index in [1.807, 2.05) is 0 Å². The Balaban J connectivity index is 3.26. The molecule has 12 heavy (non-hydrogen) atoms. The van der Waals surface area contributed by atoms with Crippen LogP contribution in [0, 0.1) is 0 Å². The van der Waals surface area contributed by atoms with E-state index in [9.17, 15) is 0 Å². The third kappa shape index (κ3) is 6.72. The first-order chi connectivity index (χ1) is 5.85. The first-order valence-corrected chi connectivity index (χ1v) is 5.20. The van der Waals surface area contributed by atoms with Crippen LogP contribution in [0.15, 0.2) is 0 Å². The number of unbranched alkanes of at least 4 members (excludes halogenated alkanes) is 3. The molecule has 2 heteroatoms. The zero-order valence-electron chi connectivity index (χ0n) is 8.51. The van der Waals surface area contributed by atoms with Gasteiger partial charge in [0.15, 0.2) is 0 Å². The normalized spacial score (nSPS) is 13.2. The van der Waals surface area contributed by atoms with Crippen LogP contribution in [-0.2, 0) is 4.65 Å². The molecule has 0 saturated heterocycles. The van der Waals surface area contributed by atoms with Crippen LogP contribution in [0.4, 0.5) is 0 Å². The van der Waals surface area contributed by atoms with Gasteiger partial charge in [-0.2, -0.15) is 0 Å². The number of rotatable bonds is 8. The summed E-state index contributed by atoms with van der Waals surface area (Å²) < 4.78 is 4.90. The van der Waals surface area contributed by atoms with E-state index in [0.717, 1.165) is 12.8 Å². The van der Waals surface area contributed by atoms with Crippen LogP contribution in [0.5, 0.6) is 0 Å². The Bertz CT molecular complexity index is 85.9. The maximum Gasteiger partial charge on any atom is 0.283 e. The Morgan fingerprint density at radius 3 is 2.08 bits per heavy atom. The lowest BCUT2D eigenvalue weighted by molar-refractivity contribution is 0.190. The van der Waals surface area contributed by atoms with Crippen LogP contribution in [0.3, 0.4) is 0 Å². The van der Waals surface area contributed by atoms with E-state index < -0.39 is 0 Å². The monoisotopic (exact) mass is 168 g/mol. The first kappa shape index (κ1) is 12.0. The lowest BCUT2D eigenvalue weighted by Gasteiger charge is -2.14. The molecule has 0 rings (SSSR count). The SMILES string of the molecule is [B]OC(CCCC)CCCCC. The molecule has 2 radical (unpaired) electrons. The lowest BCUT2D eigenvalue weighted by atomic mass is 10.0. The van der Waals surface area contributed by atoms with E-state index in [4.69, 9.17) is 12.7 Å². The second-order valence-corrected chi connectivity index (χ2v) is 3.40. The Hall–Kier alpha value is 0.0249. The van der Waals surface area contributed by atoms with Crippen molar-refractivity contribution < 1.29 is 4.65 Å². The van der Waals surface area contributed by atoms with Gasteiger partial charge in [-0.05, 0) is 12.8 Å². The van der Waals surface area contributed by atoms with E-state index in [1.165, 1.54) is 32.1 Å². The largest absolute Gasteiger partial charge is 0.445 e. The summed E-state index contributed by atoms with van der Waals surface area (Å²) in [6, 6.07) is 0. The molecule has 0 aromatic carbocycles. The summed E-state index contributed by atoms with van der Waals surface area (Å²) in [6.45, 7) is 4.41. The minimum atomic E-state index is 0.302. The van der Waals surface area contributed by atoms with Crippen molar-refractivity contribution in [2.45, 2.75) is 64.9 Å². The van der Waals surface area contributed by atoms with E-state index in [1.54, 1.807) is 0 Å². The van der Waals surface area contributed by atoms with Crippen molar-refractivity contribution in [1.82, 2.24) is 0 Å². The first-order valence-electron chi connectivity index (χ1n) is 5.20. The predicted molar refractivity (Wildman–Crippen MR) is 54.3 cm³/mol. The molecule has 0 aliphatic rings. The predicted octanol–water partition coefficient (Wildman–Crippen LogP) is 3.23. The van der Waals surface area contributed by atoms with Crippen LogP contribution in [0.25, 0.3) is 0 Å². The van der Waals surface area contributed by atoms with Crippen LogP contribution in [-0.4, -0.2) is 14.2 Å². The fourth-order valence-electron chi connectivity index (χ4n) is 1.33.